The monoisotopic (exact) mass is 512 g/mol. The van der Waals surface area contributed by atoms with E-state index in [4.69, 9.17) is 0 Å². The maximum atomic E-state index is 2.58. The van der Waals surface area contributed by atoms with Gasteiger partial charge in [-0.2, -0.15) is 0 Å². The third-order valence-corrected chi connectivity index (χ3v) is 10.8. The zero-order chi connectivity index (χ0) is 26.4. The van der Waals surface area contributed by atoms with Crippen LogP contribution in [0.5, 0.6) is 0 Å². The Kier molecular flexibility index (Phi) is 4.92. The molecule has 40 heavy (non-hydrogen) atoms. The lowest BCUT2D eigenvalue weighted by Crippen LogP contribution is -2.29. The van der Waals surface area contributed by atoms with E-state index in [1.807, 2.05) is 0 Å². The molecule has 0 amide bonds. The van der Waals surface area contributed by atoms with Crippen molar-refractivity contribution in [2.75, 3.05) is 0 Å². The van der Waals surface area contributed by atoms with Crippen LogP contribution < -0.4 is 5.46 Å². The highest BCUT2D eigenvalue weighted by Gasteiger charge is 2.40. The molecular formula is C39H33B. The van der Waals surface area contributed by atoms with Crippen LogP contribution in [0.4, 0.5) is 0 Å². The molecule has 0 saturated heterocycles. The second kappa shape index (κ2) is 8.58. The van der Waals surface area contributed by atoms with Gasteiger partial charge in [-0.15, -0.1) is 0 Å². The molecule has 10 rings (SSSR count). The zero-order valence-corrected chi connectivity index (χ0v) is 23.2. The molecule has 4 bridgehead atoms. The van der Waals surface area contributed by atoms with E-state index in [9.17, 15) is 0 Å². The van der Waals surface area contributed by atoms with Crippen LogP contribution in [-0.4, -0.2) is 7.85 Å². The molecule has 0 aromatic heterocycles. The summed E-state index contributed by atoms with van der Waals surface area (Å²) in [6, 6.07) is 39.6. The van der Waals surface area contributed by atoms with Crippen molar-refractivity contribution in [1.29, 1.82) is 0 Å². The number of rotatable bonds is 1. The Labute approximate surface area is 237 Å². The van der Waals surface area contributed by atoms with Crippen molar-refractivity contribution in [2.24, 2.45) is 11.8 Å². The van der Waals surface area contributed by atoms with Crippen molar-refractivity contribution >= 4 is 45.6 Å². The van der Waals surface area contributed by atoms with Crippen molar-refractivity contribution in [2.45, 2.75) is 43.9 Å². The summed E-state index contributed by atoms with van der Waals surface area (Å²) in [5.41, 5.74) is 10.3. The van der Waals surface area contributed by atoms with Crippen molar-refractivity contribution in [1.82, 2.24) is 0 Å². The van der Waals surface area contributed by atoms with Gasteiger partial charge in [-0.3, -0.25) is 0 Å². The van der Waals surface area contributed by atoms with Gasteiger partial charge in [0.1, 0.15) is 7.85 Å². The Balaban J connectivity index is 1.38. The summed E-state index contributed by atoms with van der Waals surface area (Å²) < 4.78 is 0. The van der Waals surface area contributed by atoms with Gasteiger partial charge in [0.25, 0.3) is 0 Å². The molecule has 0 spiro atoms. The van der Waals surface area contributed by atoms with Crippen LogP contribution in [0.15, 0.2) is 103 Å². The maximum Gasteiger partial charge on any atom is 0.140 e. The Bertz CT molecular complexity index is 1910. The van der Waals surface area contributed by atoms with E-state index in [0.29, 0.717) is 11.8 Å². The highest BCUT2D eigenvalue weighted by molar-refractivity contribution is 6.46. The Morgan fingerprint density at radius 2 is 1.10 bits per heavy atom. The van der Waals surface area contributed by atoms with Crippen LogP contribution >= 0.6 is 0 Å². The molecule has 192 valence electrons. The van der Waals surface area contributed by atoms with E-state index in [1.165, 1.54) is 92.1 Å². The predicted molar refractivity (Wildman–Crippen MR) is 174 cm³/mol. The van der Waals surface area contributed by atoms with Gasteiger partial charge in [0.15, 0.2) is 0 Å². The van der Waals surface area contributed by atoms with Crippen molar-refractivity contribution in [3.63, 3.8) is 0 Å². The molecule has 4 aliphatic carbocycles. The quantitative estimate of drug-likeness (QED) is 0.152. The molecule has 2 saturated carbocycles. The summed E-state index contributed by atoms with van der Waals surface area (Å²) in [7, 11) is 2.28. The molecule has 1 heteroatoms. The van der Waals surface area contributed by atoms with E-state index in [0.717, 1.165) is 11.8 Å². The first-order valence-corrected chi connectivity index (χ1v) is 15.3. The second-order valence-electron chi connectivity index (χ2n) is 12.9. The van der Waals surface area contributed by atoms with Crippen LogP contribution in [0.25, 0.3) is 54.6 Å². The van der Waals surface area contributed by atoms with E-state index in [-0.39, 0.29) is 0 Å². The highest BCUT2D eigenvalue weighted by Crippen LogP contribution is 2.56. The minimum atomic E-state index is 0.668. The van der Waals surface area contributed by atoms with Crippen LogP contribution in [-0.2, 0) is 0 Å². The minimum Gasteiger partial charge on any atom is -0.0735 e. The first kappa shape index (κ1) is 22.9. The lowest BCUT2D eigenvalue weighted by atomic mass is 9.63. The summed E-state index contributed by atoms with van der Waals surface area (Å²) in [4.78, 5) is 0. The predicted octanol–water partition coefficient (Wildman–Crippen LogP) is 9.13. The van der Waals surface area contributed by atoms with Gasteiger partial charge in [-0.1, -0.05) is 103 Å². The van der Waals surface area contributed by atoms with E-state index < -0.39 is 0 Å². The summed E-state index contributed by atoms with van der Waals surface area (Å²) in [6.07, 6.45) is 6.90. The van der Waals surface area contributed by atoms with Gasteiger partial charge in [-0.05, 0) is 128 Å². The smallest absolute Gasteiger partial charge is 0.0735 e. The molecule has 2 unspecified atom stereocenters. The zero-order valence-electron chi connectivity index (χ0n) is 23.2. The lowest BCUT2D eigenvalue weighted by Gasteiger charge is -2.42. The van der Waals surface area contributed by atoms with E-state index in [1.54, 1.807) is 11.1 Å². The Morgan fingerprint density at radius 3 is 1.80 bits per heavy atom. The first-order chi connectivity index (χ1) is 19.7. The molecule has 0 aliphatic heterocycles. The Morgan fingerprint density at radius 1 is 0.500 bits per heavy atom. The highest BCUT2D eigenvalue weighted by atomic mass is 14.4. The molecule has 0 heterocycles. The molecule has 6 aromatic carbocycles. The normalized spacial score (nSPS) is 23.1. The summed E-state index contributed by atoms with van der Waals surface area (Å²) in [5, 5.41) is 8.32. The Hall–Kier alpha value is -3.84. The van der Waals surface area contributed by atoms with Crippen LogP contribution in [0, 0.1) is 11.8 Å². The van der Waals surface area contributed by atoms with Crippen molar-refractivity contribution in [3.8, 4) is 22.3 Å². The third-order valence-electron chi connectivity index (χ3n) is 10.8. The molecule has 2 atom stereocenters. The molecule has 0 N–H and O–H groups in total. The molecule has 4 aliphatic rings. The summed E-state index contributed by atoms with van der Waals surface area (Å²) >= 11 is 0. The fourth-order valence-electron chi connectivity index (χ4n) is 9.27. The summed E-state index contributed by atoms with van der Waals surface area (Å²) in [5.74, 6) is 3.08. The lowest BCUT2D eigenvalue weighted by molar-refractivity contribution is 0.153. The van der Waals surface area contributed by atoms with Crippen molar-refractivity contribution in [3.05, 3.63) is 114 Å². The molecular weight excluding hydrogens is 479 g/mol. The van der Waals surface area contributed by atoms with Gasteiger partial charge in [0, 0.05) is 0 Å². The summed E-state index contributed by atoms with van der Waals surface area (Å²) in [6.45, 7) is 0. The fourth-order valence-corrected chi connectivity index (χ4v) is 9.27. The number of benzene rings is 6. The molecule has 2 fully saturated rings. The number of hydrogen-bond donors (Lipinski definition) is 0. The van der Waals surface area contributed by atoms with Crippen LogP contribution in [0.1, 0.15) is 55.1 Å². The first-order valence-electron chi connectivity index (χ1n) is 15.3. The number of fused-ring (bicyclic) bond motifs is 3. The van der Waals surface area contributed by atoms with Gasteiger partial charge >= 0.3 is 0 Å². The molecule has 6 aromatic rings. The second-order valence-corrected chi connectivity index (χ2v) is 12.9. The van der Waals surface area contributed by atoms with Crippen LogP contribution in [0.3, 0.4) is 0 Å². The maximum absolute atomic E-state index is 2.58. The average Bonchev–Trinajstić information content (AvgIpc) is 3.05. The topological polar surface area (TPSA) is 0 Å². The fraction of sp³-hybridized carbons (Fsp3) is 0.231. The van der Waals surface area contributed by atoms with Gasteiger partial charge < -0.3 is 0 Å². The van der Waals surface area contributed by atoms with Crippen LogP contribution in [0.2, 0.25) is 0 Å². The molecule has 0 radical (unpaired) electrons. The third kappa shape index (κ3) is 3.27. The largest absolute Gasteiger partial charge is 0.140 e. The van der Waals surface area contributed by atoms with Gasteiger partial charge in [0.05, 0.1) is 0 Å². The SMILES string of the molecule is Bc1c2ccccc2c(-c2ccc3c(c2)-c2ccc4ccccc4c2C2CC4CC(CC3C4)C2)c2ccccc12. The molecule has 0 nitrogen and oxygen atoms in total. The minimum absolute atomic E-state index is 0.668. The average molecular weight is 513 g/mol. The van der Waals surface area contributed by atoms with Crippen molar-refractivity contribution < 1.29 is 0 Å². The van der Waals surface area contributed by atoms with E-state index >= 15 is 0 Å². The van der Waals surface area contributed by atoms with E-state index in [2.05, 4.69) is 111 Å². The van der Waals surface area contributed by atoms with Gasteiger partial charge in [0.2, 0.25) is 0 Å². The standard InChI is InChI=1S/C39H33B/c40-39-34-11-5-3-9-31(34)37(32-10-4-6-12-35(32)39)26-14-15-29-27-18-23-17-24(19-27)21-28(20-23)38-30-8-2-1-7-25(30)13-16-33(38)36(29)22-26/h1-16,22-24,27-28H,17-21,40H2. The van der Waals surface area contributed by atoms with Gasteiger partial charge in [-0.25, -0.2) is 0 Å². The number of hydrogen-bond acceptors (Lipinski definition) is 0.